The quantitative estimate of drug-likeness (QED) is 0.346. The van der Waals surface area contributed by atoms with Crippen molar-refractivity contribution in [3.05, 3.63) is 31.9 Å². The zero-order chi connectivity index (χ0) is 22.5. The van der Waals surface area contributed by atoms with Crippen molar-refractivity contribution < 1.29 is 14.3 Å². The topological polar surface area (TPSA) is 87.8 Å². The van der Waals surface area contributed by atoms with Crippen LogP contribution < -0.4 is 10.5 Å². The molecular formula is C21H26N4O4S2. The molecule has 166 valence electrons. The molecule has 8 nitrogen and oxygen atoms in total. The van der Waals surface area contributed by atoms with E-state index in [0.29, 0.717) is 72.8 Å². The summed E-state index contributed by atoms with van der Waals surface area (Å²) in [6.45, 7) is 7.45. The van der Waals surface area contributed by atoms with Crippen LogP contribution in [0.2, 0.25) is 0 Å². The minimum absolute atomic E-state index is 0.0979. The molecule has 31 heavy (non-hydrogen) atoms. The van der Waals surface area contributed by atoms with Crippen molar-refractivity contribution in [2.24, 2.45) is 0 Å². The average Bonchev–Trinajstić information content (AvgIpc) is 3.03. The van der Waals surface area contributed by atoms with E-state index in [1.54, 1.807) is 29.6 Å². The lowest BCUT2D eigenvalue weighted by Gasteiger charge is -2.33. The van der Waals surface area contributed by atoms with Gasteiger partial charge < -0.3 is 14.4 Å². The molecule has 0 aromatic carbocycles. The predicted molar refractivity (Wildman–Crippen MR) is 125 cm³/mol. The summed E-state index contributed by atoms with van der Waals surface area (Å²) in [6, 6.07) is 2.05. The van der Waals surface area contributed by atoms with E-state index in [4.69, 9.17) is 21.7 Å². The number of anilines is 1. The largest absolute Gasteiger partial charge is 0.385 e. The van der Waals surface area contributed by atoms with Gasteiger partial charge in [-0.1, -0.05) is 24.0 Å². The Kier molecular flexibility index (Phi) is 7.89. The Labute approximate surface area is 191 Å². The van der Waals surface area contributed by atoms with Crippen molar-refractivity contribution in [1.82, 2.24) is 9.47 Å². The van der Waals surface area contributed by atoms with Crippen LogP contribution in [0.25, 0.3) is 6.08 Å². The summed E-state index contributed by atoms with van der Waals surface area (Å²) < 4.78 is 12.7. The number of rotatable bonds is 7. The zero-order valence-electron chi connectivity index (χ0n) is 18.0. The van der Waals surface area contributed by atoms with E-state index in [1.807, 2.05) is 13.0 Å². The van der Waals surface area contributed by atoms with Crippen molar-refractivity contribution >= 4 is 46.1 Å². The number of methoxy groups -OCH3 is 1. The highest BCUT2D eigenvalue weighted by Gasteiger charge is 2.33. The molecule has 0 atom stereocenters. The number of carbonyl (C=O) groups is 1. The summed E-state index contributed by atoms with van der Waals surface area (Å²) in [5.74, 6) is 0.558. The van der Waals surface area contributed by atoms with Gasteiger partial charge in [0.2, 0.25) is 0 Å². The van der Waals surface area contributed by atoms with Crippen molar-refractivity contribution in [3.63, 3.8) is 0 Å². The molecule has 2 fully saturated rings. The standard InChI is InChI=1S/C21H26N4O4S2/c1-4-24-18(23-7-10-29-11-8-23)15(14(2)16(13-22)19(24)26)12-17-20(27)25(21(30)31-17)6-5-9-28-3/h12H,4-11H2,1-3H3. The molecule has 10 heteroatoms. The number of pyridine rings is 1. The van der Waals surface area contributed by atoms with Crippen molar-refractivity contribution in [2.45, 2.75) is 26.8 Å². The summed E-state index contributed by atoms with van der Waals surface area (Å²) in [7, 11) is 1.62. The number of ether oxygens (including phenoxy) is 2. The number of morpholine rings is 1. The highest BCUT2D eigenvalue weighted by atomic mass is 32.2. The average molecular weight is 463 g/mol. The normalized spacial score (nSPS) is 18.2. The molecule has 2 aliphatic heterocycles. The number of nitriles is 1. The third-order valence-electron chi connectivity index (χ3n) is 5.35. The van der Waals surface area contributed by atoms with E-state index in [2.05, 4.69) is 4.90 Å². The number of nitrogens with zero attached hydrogens (tertiary/aromatic N) is 4. The first-order valence-corrected chi connectivity index (χ1v) is 11.4. The lowest BCUT2D eigenvalue weighted by atomic mass is 10.0. The minimum Gasteiger partial charge on any atom is -0.385 e. The first-order valence-electron chi connectivity index (χ1n) is 10.2. The molecule has 1 amide bonds. The molecule has 2 aliphatic rings. The number of hydrogen-bond donors (Lipinski definition) is 0. The van der Waals surface area contributed by atoms with Gasteiger partial charge in [-0.3, -0.25) is 19.1 Å². The van der Waals surface area contributed by atoms with Crippen LogP contribution in [0.15, 0.2) is 9.70 Å². The monoisotopic (exact) mass is 462 g/mol. The second-order valence-corrected chi connectivity index (χ2v) is 8.85. The third kappa shape index (κ3) is 4.70. The number of thiocarbonyl (C=S) groups is 1. The number of amides is 1. The predicted octanol–water partition coefficient (Wildman–Crippen LogP) is 2.12. The van der Waals surface area contributed by atoms with Crippen LogP contribution in [0.3, 0.4) is 0 Å². The van der Waals surface area contributed by atoms with Crippen LogP contribution in [0, 0.1) is 18.3 Å². The lowest BCUT2D eigenvalue weighted by molar-refractivity contribution is -0.122. The van der Waals surface area contributed by atoms with E-state index < -0.39 is 0 Å². The van der Waals surface area contributed by atoms with Gasteiger partial charge in [0, 0.05) is 45.5 Å². The summed E-state index contributed by atoms with van der Waals surface area (Å²) in [4.78, 5) is 30.2. The van der Waals surface area contributed by atoms with E-state index in [0.717, 1.165) is 5.82 Å². The van der Waals surface area contributed by atoms with Crippen LogP contribution in [-0.2, 0) is 20.8 Å². The van der Waals surface area contributed by atoms with Gasteiger partial charge >= 0.3 is 0 Å². The van der Waals surface area contributed by atoms with Gasteiger partial charge in [0.15, 0.2) is 0 Å². The Hall–Kier alpha value is -2.19. The molecule has 2 saturated heterocycles. The molecule has 1 aromatic rings. The second kappa shape index (κ2) is 10.4. The third-order valence-corrected chi connectivity index (χ3v) is 6.73. The molecule has 0 saturated carbocycles. The fourth-order valence-corrected chi connectivity index (χ4v) is 5.03. The maximum Gasteiger partial charge on any atom is 0.270 e. The zero-order valence-corrected chi connectivity index (χ0v) is 19.6. The van der Waals surface area contributed by atoms with E-state index in [1.165, 1.54) is 11.8 Å². The molecule has 1 aromatic heterocycles. The second-order valence-electron chi connectivity index (χ2n) is 7.18. The Bertz CT molecular complexity index is 1010. The van der Waals surface area contributed by atoms with Gasteiger partial charge in [0.05, 0.1) is 18.1 Å². The van der Waals surface area contributed by atoms with Crippen LogP contribution >= 0.6 is 24.0 Å². The molecule has 3 heterocycles. The van der Waals surface area contributed by atoms with Crippen molar-refractivity contribution in [1.29, 1.82) is 5.26 Å². The highest BCUT2D eigenvalue weighted by molar-refractivity contribution is 8.26. The minimum atomic E-state index is -0.312. The molecule has 0 unspecified atom stereocenters. The van der Waals surface area contributed by atoms with Gasteiger partial charge in [-0.05, 0) is 31.9 Å². The fourth-order valence-electron chi connectivity index (χ4n) is 3.74. The van der Waals surface area contributed by atoms with Crippen molar-refractivity contribution in [2.75, 3.05) is 51.5 Å². The van der Waals surface area contributed by atoms with Crippen molar-refractivity contribution in [3.8, 4) is 6.07 Å². The number of aromatic nitrogens is 1. The van der Waals surface area contributed by atoms with Crippen LogP contribution in [0.4, 0.5) is 5.82 Å². The summed E-state index contributed by atoms with van der Waals surface area (Å²) in [5.41, 5.74) is 1.06. The van der Waals surface area contributed by atoms with E-state index in [9.17, 15) is 14.9 Å². The molecule has 0 aliphatic carbocycles. The number of hydrogen-bond acceptors (Lipinski definition) is 8. The smallest absolute Gasteiger partial charge is 0.270 e. The fraction of sp³-hybridized carbons (Fsp3) is 0.524. The molecule has 0 radical (unpaired) electrons. The van der Waals surface area contributed by atoms with Crippen LogP contribution in [-0.4, -0.2) is 66.3 Å². The molecule has 0 N–H and O–H groups in total. The van der Waals surface area contributed by atoms with Gasteiger partial charge in [-0.15, -0.1) is 0 Å². The lowest BCUT2D eigenvalue weighted by Crippen LogP contribution is -2.41. The number of carbonyl (C=O) groups excluding carboxylic acids is 1. The van der Waals surface area contributed by atoms with Crippen LogP contribution in [0.5, 0.6) is 0 Å². The van der Waals surface area contributed by atoms with Gasteiger partial charge in [0.1, 0.15) is 21.8 Å². The maximum absolute atomic E-state index is 13.0. The maximum atomic E-state index is 13.0. The highest BCUT2D eigenvalue weighted by Crippen LogP contribution is 2.36. The Morgan fingerprint density at radius 3 is 2.65 bits per heavy atom. The Balaban J connectivity index is 2.11. The van der Waals surface area contributed by atoms with Crippen LogP contribution in [0.1, 0.15) is 30.0 Å². The molecular weight excluding hydrogens is 436 g/mol. The van der Waals surface area contributed by atoms with Gasteiger partial charge in [-0.25, -0.2) is 0 Å². The first-order chi connectivity index (χ1) is 14.9. The van der Waals surface area contributed by atoms with Gasteiger partial charge in [0.25, 0.3) is 11.5 Å². The Morgan fingerprint density at radius 2 is 2.03 bits per heavy atom. The first kappa shape index (κ1) is 23.5. The van der Waals surface area contributed by atoms with E-state index in [-0.39, 0.29) is 17.0 Å². The molecule has 0 spiro atoms. The molecule has 0 bridgehead atoms. The molecule has 3 rings (SSSR count). The number of thioether (sulfide) groups is 1. The summed E-state index contributed by atoms with van der Waals surface area (Å²) >= 11 is 6.67. The van der Waals surface area contributed by atoms with Gasteiger partial charge in [-0.2, -0.15) is 5.26 Å². The SMILES string of the molecule is CCn1c(N2CCOCC2)c(C=C2SC(=S)N(CCCOC)C2=O)c(C)c(C#N)c1=O. The summed E-state index contributed by atoms with van der Waals surface area (Å²) in [6.07, 6.45) is 2.47. The van der Waals surface area contributed by atoms with E-state index >= 15 is 0 Å². The Morgan fingerprint density at radius 1 is 1.32 bits per heavy atom. The summed E-state index contributed by atoms with van der Waals surface area (Å²) in [5, 5.41) is 9.63.